The van der Waals surface area contributed by atoms with E-state index in [9.17, 15) is 4.79 Å². The van der Waals surface area contributed by atoms with Crippen molar-refractivity contribution in [1.82, 2.24) is 0 Å². The summed E-state index contributed by atoms with van der Waals surface area (Å²) >= 11 is 0. The Labute approximate surface area is 84.9 Å². The summed E-state index contributed by atoms with van der Waals surface area (Å²) < 4.78 is 5.30. The molecule has 0 aliphatic rings. The second-order valence-corrected chi connectivity index (χ2v) is 3.05. The molecule has 5 heteroatoms. The van der Waals surface area contributed by atoms with Gasteiger partial charge in [-0.05, 0) is 23.6 Å². The zero-order chi connectivity index (χ0) is 10.8. The standard InChI is InChI=1S/C10H7N3O2/c1-6-7-4-2-3-5-8(7)15-9(6)10(14)12-13-11/h2-5H,1H3. The fourth-order valence-corrected chi connectivity index (χ4v) is 1.46. The van der Waals surface area contributed by atoms with Gasteiger partial charge in [-0.2, -0.15) is 0 Å². The summed E-state index contributed by atoms with van der Waals surface area (Å²) in [6.07, 6.45) is 0. The third-order valence-corrected chi connectivity index (χ3v) is 2.17. The van der Waals surface area contributed by atoms with Gasteiger partial charge in [0, 0.05) is 15.9 Å². The SMILES string of the molecule is Cc1c(C(=O)N=[N+]=[N-])oc2ccccc12. The normalized spacial score (nSPS) is 9.93. The van der Waals surface area contributed by atoms with Gasteiger partial charge in [0.2, 0.25) is 0 Å². The molecule has 2 aromatic rings. The highest BCUT2D eigenvalue weighted by Crippen LogP contribution is 2.25. The first-order valence-corrected chi connectivity index (χ1v) is 4.31. The molecule has 0 unspecified atom stereocenters. The molecule has 15 heavy (non-hydrogen) atoms. The van der Waals surface area contributed by atoms with Crippen LogP contribution < -0.4 is 0 Å². The summed E-state index contributed by atoms with van der Waals surface area (Å²) in [4.78, 5) is 13.8. The highest BCUT2D eigenvalue weighted by molar-refractivity contribution is 5.99. The van der Waals surface area contributed by atoms with Crippen LogP contribution in [0.15, 0.2) is 33.8 Å². The van der Waals surface area contributed by atoms with Crippen molar-refractivity contribution in [2.24, 2.45) is 5.11 Å². The number of rotatable bonds is 1. The lowest BCUT2D eigenvalue weighted by Crippen LogP contribution is -1.92. The summed E-state index contributed by atoms with van der Waals surface area (Å²) in [6.45, 7) is 1.76. The molecule has 0 fully saturated rings. The van der Waals surface area contributed by atoms with Crippen molar-refractivity contribution in [2.45, 2.75) is 6.92 Å². The van der Waals surface area contributed by atoms with Crippen molar-refractivity contribution in [2.75, 3.05) is 0 Å². The van der Waals surface area contributed by atoms with Crippen molar-refractivity contribution in [1.29, 1.82) is 0 Å². The number of furan rings is 1. The fraction of sp³-hybridized carbons (Fsp3) is 0.100. The monoisotopic (exact) mass is 201 g/mol. The number of azide groups is 1. The smallest absolute Gasteiger partial charge is 0.284 e. The maximum Gasteiger partial charge on any atom is 0.284 e. The topological polar surface area (TPSA) is 79.0 Å². The maximum atomic E-state index is 11.3. The second kappa shape index (κ2) is 3.48. The summed E-state index contributed by atoms with van der Waals surface area (Å²) in [5, 5.41) is 3.85. The average Bonchev–Trinajstić information content (AvgIpc) is 2.57. The molecule has 0 N–H and O–H groups in total. The van der Waals surface area contributed by atoms with E-state index >= 15 is 0 Å². The maximum absolute atomic E-state index is 11.3. The Morgan fingerprint density at radius 1 is 1.47 bits per heavy atom. The molecule has 1 amide bonds. The van der Waals surface area contributed by atoms with Gasteiger partial charge >= 0.3 is 0 Å². The second-order valence-electron chi connectivity index (χ2n) is 3.05. The van der Waals surface area contributed by atoms with E-state index in [2.05, 4.69) is 10.0 Å². The number of fused-ring (bicyclic) bond motifs is 1. The predicted octanol–water partition coefficient (Wildman–Crippen LogP) is 3.19. The van der Waals surface area contributed by atoms with Gasteiger partial charge in [-0.3, -0.25) is 4.79 Å². The Kier molecular flexibility index (Phi) is 2.15. The van der Waals surface area contributed by atoms with Crippen molar-refractivity contribution >= 4 is 16.9 Å². The first-order valence-electron chi connectivity index (χ1n) is 4.31. The van der Waals surface area contributed by atoms with E-state index in [0.29, 0.717) is 11.1 Å². The van der Waals surface area contributed by atoms with Crippen LogP contribution in [0, 0.1) is 6.92 Å². The number of amides is 1. The summed E-state index contributed by atoms with van der Waals surface area (Å²) in [6, 6.07) is 7.27. The zero-order valence-corrected chi connectivity index (χ0v) is 7.97. The summed E-state index contributed by atoms with van der Waals surface area (Å²) in [5.74, 6) is -0.583. The van der Waals surface area contributed by atoms with Gasteiger partial charge < -0.3 is 4.42 Å². The van der Waals surface area contributed by atoms with Gasteiger partial charge in [-0.15, -0.1) is 0 Å². The first kappa shape index (κ1) is 9.30. The number of nitrogens with zero attached hydrogens (tertiary/aromatic N) is 3. The molecule has 1 aromatic heterocycles. The molecule has 2 rings (SSSR count). The van der Waals surface area contributed by atoms with E-state index < -0.39 is 5.91 Å². The van der Waals surface area contributed by atoms with Crippen molar-refractivity contribution in [3.05, 3.63) is 46.0 Å². The van der Waals surface area contributed by atoms with Crippen LogP contribution in [0.4, 0.5) is 0 Å². The number of hydrogen-bond donors (Lipinski definition) is 0. The third-order valence-electron chi connectivity index (χ3n) is 2.17. The number of aryl methyl sites for hydroxylation is 1. The molecule has 0 saturated heterocycles. The summed E-state index contributed by atoms with van der Waals surface area (Å²) in [7, 11) is 0. The Balaban J connectivity index is 2.68. The van der Waals surface area contributed by atoms with Crippen LogP contribution in [0.25, 0.3) is 21.4 Å². The average molecular weight is 201 g/mol. The number of carbonyl (C=O) groups excluding carboxylic acids is 1. The van der Waals surface area contributed by atoms with E-state index in [1.807, 2.05) is 18.2 Å². The molecule has 0 aliphatic carbocycles. The van der Waals surface area contributed by atoms with Gasteiger partial charge in [0.05, 0.1) is 0 Å². The lowest BCUT2D eigenvalue weighted by atomic mass is 10.1. The van der Waals surface area contributed by atoms with Gasteiger partial charge in [0.1, 0.15) is 5.58 Å². The number of carbonyl (C=O) groups is 1. The van der Waals surface area contributed by atoms with Gasteiger partial charge in [-0.1, -0.05) is 18.2 Å². The van der Waals surface area contributed by atoms with Crippen LogP contribution >= 0.6 is 0 Å². The van der Waals surface area contributed by atoms with E-state index in [1.165, 1.54) is 0 Å². The van der Waals surface area contributed by atoms with E-state index in [0.717, 1.165) is 5.39 Å². The first-order chi connectivity index (χ1) is 7.24. The van der Waals surface area contributed by atoms with Gasteiger partial charge in [-0.25, -0.2) is 0 Å². The quantitative estimate of drug-likeness (QED) is 0.403. The number of hydrogen-bond acceptors (Lipinski definition) is 2. The van der Waals surface area contributed by atoms with Crippen LogP contribution in [0.5, 0.6) is 0 Å². The zero-order valence-electron chi connectivity index (χ0n) is 7.97. The Morgan fingerprint density at radius 3 is 2.87 bits per heavy atom. The predicted molar refractivity (Wildman–Crippen MR) is 54.4 cm³/mol. The Bertz CT molecular complexity index is 579. The molecule has 0 spiro atoms. The molecular weight excluding hydrogens is 194 g/mol. The molecule has 1 heterocycles. The van der Waals surface area contributed by atoms with Crippen molar-refractivity contribution in [3.63, 3.8) is 0 Å². The van der Waals surface area contributed by atoms with Crippen LogP contribution in [-0.2, 0) is 0 Å². The van der Waals surface area contributed by atoms with Crippen LogP contribution in [0.2, 0.25) is 0 Å². The van der Waals surface area contributed by atoms with Gasteiger partial charge in [0.15, 0.2) is 5.76 Å². The van der Waals surface area contributed by atoms with E-state index in [1.54, 1.807) is 13.0 Å². The van der Waals surface area contributed by atoms with Crippen LogP contribution in [-0.4, -0.2) is 5.91 Å². The highest BCUT2D eigenvalue weighted by Gasteiger charge is 2.15. The minimum Gasteiger partial charge on any atom is -0.452 e. The number of para-hydroxylation sites is 1. The lowest BCUT2D eigenvalue weighted by Gasteiger charge is -1.88. The molecule has 0 saturated carbocycles. The van der Waals surface area contributed by atoms with E-state index in [-0.39, 0.29) is 5.76 Å². The van der Waals surface area contributed by atoms with Crippen molar-refractivity contribution in [3.8, 4) is 0 Å². The largest absolute Gasteiger partial charge is 0.452 e. The van der Waals surface area contributed by atoms with E-state index in [4.69, 9.17) is 9.95 Å². The highest BCUT2D eigenvalue weighted by atomic mass is 16.3. The molecular formula is C10H7N3O2. The molecule has 74 valence electrons. The molecule has 0 bridgehead atoms. The Hall–Kier alpha value is -2.26. The van der Waals surface area contributed by atoms with Gasteiger partial charge in [0.25, 0.3) is 5.91 Å². The Morgan fingerprint density at radius 2 is 2.20 bits per heavy atom. The fourth-order valence-electron chi connectivity index (χ4n) is 1.46. The molecule has 0 atom stereocenters. The number of benzene rings is 1. The van der Waals surface area contributed by atoms with Crippen LogP contribution in [0.3, 0.4) is 0 Å². The minimum absolute atomic E-state index is 0.106. The lowest BCUT2D eigenvalue weighted by molar-refractivity contribution is 0.0975. The minimum atomic E-state index is -0.689. The van der Waals surface area contributed by atoms with Crippen LogP contribution in [0.1, 0.15) is 16.1 Å². The van der Waals surface area contributed by atoms with Crippen molar-refractivity contribution < 1.29 is 9.21 Å². The molecule has 1 aromatic carbocycles. The molecule has 0 aliphatic heterocycles. The summed E-state index contributed by atoms with van der Waals surface area (Å²) in [5.41, 5.74) is 9.47. The third kappa shape index (κ3) is 1.45. The molecule has 5 nitrogen and oxygen atoms in total. The molecule has 0 radical (unpaired) electrons.